The number of rotatable bonds is 13. The van der Waals surface area contributed by atoms with Gasteiger partial charge in [-0.2, -0.15) is 0 Å². The van der Waals surface area contributed by atoms with Gasteiger partial charge in [0.2, 0.25) is 10.0 Å². The van der Waals surface area contributed by atoms with E-state index in [1.807, 2.05) is 45.0 Å². The molecular weight excluding hydrogens is 527 g/mol. The van der Waals surface area contributed by atoms with Crippen LogP contribution >= 0.6 is 24.0 Å². The summed E-state index contributed by atoms with van der Waals surface area (Å²) in [7, 11) is -3.40. The zero-order chi connectivity index (χ0) is 22.6. The third kappa shape index (κ3) is 13.3. The molecular formula is C22H41IN4O3S. The molecule has 0 saturated carbocycles. The van der Waals surface area contributed by atoms with Crippen LogP contribution in [-0.4, -0.2) is 45.2 Å². The van der Waals surface area contributed by atoms with Gasteiger partial charge < -0.3 is 15.7 Å². The van der Waals surface area contributed by atoms with Crippen LogP contribution in [-0.2, 0) is 22.3 Å². The minimum Gasteiger partial charge on any atom is -0.396 e. The Morgan fingerprint density at radius 2 is 1.74 bits per heavy atom. The van der Waals surface area contributed by atoms with Gasteiger partial charge >= 0.3 is 0 Å². The molecule has 0 bridgehead atoms. The zero-order valence-electron chi connectivity index (χ0n) is 19.5. The molecule has 0 amide bonds. The van der Waals surface area contributed by atoms with Crippen LogP contribution in [0.15, 0.2) is 29.3 Å². The number of benzene rings is 1. The fourth-order valence-corrected chi connectivity index (χ4v) is 4.85. The van der Waals surface area contributed by atoms with Gasteiger partial charge in [0.15, 0.2) is 5.96 Å². The molecule has 0 saturated heterocycles. The summed E-state index contributed by atoms with van der Waals surface area (Å²) in [6.07, 6.45) is 1.80. The van der Waals surface area contributed by atoms with Crippen LogP contribution in [0.4, 0.5) is 0 Å². The molecule has 0 aliphatic carbocycles. The second kappa shape index (κ2) is 15.8. The Bertz CT molecular complexity index is 755. The number of halogens is 1. The highest BCUT2D eigenvalue weighted by atomic mass is 127. The maximum atomic E-state index is 12.3. The number of nitrogens with zero attached hydrogens (tertiary/aromatic N) is 1. The summed E-state index contributed by atoms with van der Waals surface area (Å²) in [5, 5.41) is 15.9. The standard InChI is InChI=1S/C22H40N4O3S.HI/c1-6-23-22(24-14-19(11-12-27)13-17(2)3)25-15-20-9-7-8-10-21(20)16-30(28,29)26-18(4)5;/h7-10,17-19,26-27H,6,11-16H2,1-5H3,(H2,23,24,25);1H. The van der Waals surface area contributed by atoms with Crippen molar-refractivity contribution in [1.29, 1.82) is 0 Å². The van der Waals surface area contributed by atoms with E-state index < -0.39 is 10.0 Å². The number of hydrogen-bond donors (Lipinski definition) is 4. The summed E-state index contributed by atoms with van der Waals surface area (Å²) in [6.45, 7) is 12.0. The van der Waals surface area contributed by atoms with Crippen molar-refractivity contribution in [2.45, 2.75) is 65.8 Å². The highest BCUT2D eigenvalue weighted by molar-refractivity contribution is 14.0. The van der Waals surface area contributed by atoms with Gasteiger partial charge in [0.1, 0.15) is 0 Å². The topological polar surface area (TPSA) is 103 Å². The van der Waals surface area contributed by atoms with Gasteiger partial charge in [-0.15, -0.1) is 24.0 Å². The number of aliphatic imine (C=N–C) groups is 1. The smallest absolute Gasteiger partial charge is 0.216 e. The Balaban J connectivity index is 0.00000900. The van der Waals surface area contributed by atoms with E-state index in [0.29, 0.717) is 24.3 Å². The first-order valence-electron chi connectivity index (χ1n) is 10.9. The molecule has 0 fully saturated rings. The van der Waals surface area contributed by atoms with Crippen molar-refractivity contribution in [3.63, 3.8) is 0 Å². The average Bonchev–Trinajstić information content (AvgIpc) is 2.63. The van der Waals surface area contributed by atoms with Gasteiger partial charge in [-0.25, -0.2) is 18.1 Å². The number of guanidine groups is 1. The van der Waals surface area contributed by atoms with Gasteiger partial charge in [0.25, 0.3) is 0 Å². The van der Waals surface area contributed by atoms with E-state index in [1.165, 1.54) is 0 Å². The molecule has 9 heteroatoms. The minimum atomic E-state index is -3.40. The fourth-order valence-electron chi connectivity index (χ4n) is 3.36. The van der Waals surface area contributed by atoms with Crippen LogP contribution in [0.3, 0.4) is 0 Å². The molecule has 1 unspecified atom stereocenters. The van der Waals surface area contributed by atoms with E-state index in [9.17, 15) is 13.5 Å². The van der Waals surface area contributed by atoms with Crippen molar-refractivity contribution >= 4 is 40.0 Å². The lowest BCUT2D eigenvalue weighted by Gasteiger charge is -2.20. The summed E-state index contributed by atoms with van der Waals surface area (Å²) in [5.41, 5.74) is 1.64. The largest absolute Gasteiger partial charge is 0.396 e. The van der Waals surface area contributed by atoms with E-state index in [4.69, 9.17) is 0 Å². The average molecular weight is 569 g/mol. The summed E-state index contributed by atoms with van der Waals surface area (Å²) >= 11 is 0. The van der Waals surface area contributed by atoms with Gasteiger partial charge in [0, 0.05) is 25.7 Å². The van der Waals surface area contributed by atoms with E-state index in [2.05, 4.69) is 34.2 Å². The number of hydrogen-bond acceptors (Lipinski definition) is 4. The Hall–Kier alpha value is -0.910. The second-order valence-corrected chi connectivity index (χ2v) is 10.1. The van der Waals surface area contributed by atoms with Crippen LogP contribution in [0, 0.1) is 11.8 Å². The summed E-state index contributed by atoms with van der Waals surface area (Å²) in [4.78, 5) is 4.66. The quantitative estimate of drug-likeness (QED) is 0.166. The first kappa shape index (κ1) is 30.1. The summed E-state index contributed by atoms with van der Waals surface area (Å²) in [5.74, 6) is 1.57. The normalized spacial score (nSPS) is 13.2. The molecule has 0 aromatic heterocycles. The first-order valence-corrected chi connectivity index (χ1v) is 12.5. The maximum Gasteiger partial charge on any atom is 0.216 e. The van der Waals surface area contributed by atoms with Crippen LogP contribution in [0.25, 0.3) is 0 Å². The van der Waals surface area contributed by atoms with Crippen molar-refractivity contribution in [1.82, 2.24) is 15.4 Å². The molecule has 1 aromatic carbocycles. The van der Waals surface area contributed by atoms with E-state index >= 15 is 0 Å². The molecule has 31 heavy (non-hydrogen) atoms. The molecule has 0 aliphatic heterocycles. The first-order chi connectivity index (χ1) is 14.2. The molecule has 0 radical (unpaired) electrons. The molecule has 1 rings (SSSR count). The van der Waals surface area contributed by atoms with Crippen LogP contribution in [0.1, 0.15) is 58.6 Å². The Labute approximate surface area is 206 Å². The van der Waals surface area contributed by atoms with Crippen molar-refractivity contribution in [2.75, 3.05) is 19.7 Å². The highest BCUT2D eigenvalue weighted by Crippen LogP contribution is 2.15. The van der Waals surface area contributed by atoms with Gasteiger partial charge in [0.05, 0.1) is 12.3 Å². The molecule has 1 atom stereocenters. The lowest BCUT2D eigenvalue weighted by Crippen LogP contribution is -2.40. The van der Waals surface area contributed by atoms with Crippen molar-refractivity contribution < 1.29 is 13.5 Å². The van der Waals surface area contributed by atoms with Crippen molar-refractivity contribution in [3.8, 4) is 0 Å². The van der Waals surface area contributed by atoms with Gasteiger partial charge in [-0.3, -0.25) is 0 Å². The van der Waals surface area contributed by atoms with Gasteiger partial charge in [-0.05, 0) is 56.6 Å². The minimum absolute atomic E-state index is 0. The van der Waals surface area contributed by atoms with Crippen LogP contribution in [0.5, 0.6) is 0 Å². The molecule has 4 N–H and O–H groups in total. The molecule has 1 aromatic rings. The molecule has 7 nitrogen and oxygen atoms in total. The molecule has 180 valence electrons. The second-order valence-electron chi connectivity index (χ2n) is 8.38. The Morgan fingerprint density at radius 1 is 1.10 bits per heavy atom. The number of sulfonamides is 1. The monoisotopic (exact) mass is 568 g/mol. The third-order valence-corrected chi connectivity index (χ3v) is 6.05. The Morgan fingerprint density at radius 3 is 2.29 bits per heavy atom. The molecule has 0 aliphatic rings. The van der Waals surface area contributed by atoms with E-state index in [0.717, 1.165) is 37.1 Å². The van der Waals surface area contributed by atoms with Crippen molar-refractivity contribution in [2.24, 2.45) is 16.8 Å². The van der Waals surface area contributed by atoms with Gasteiger partial charge in [-0.1, -0.05) is 38.1 Å². The summed E-state index contributed by atoms with van der Waals surface area (Å²) in [6, 6.07) is 7.37. The lowest BCUT2D eigenvalue weighted by atomic mass is 9.94. The van der Waals surface area contributed by atoms with Crippen LogP contribution < -0.4 is 15.4 Å². The van der Waals surface area contributed by atoms with Crippen molar-refractivity contribution in [3.05, 3.63) is 35.4 Å². The van der Waals surface area contributed by atoms with Crippen LogP contribution in [0.2, 0.25) is 0 Å². The summed E-state index contributed by atoms with van der Waals surface area (Å²) < 4.78 is 27.3. The third-order valence-electron chi connectivity index (χ3n) is 4.53. The lowest BCUT2D eigenvalue weighted by molar-refractivity contribution is 0.243. The zero-order valence-corrected chi connectivity index (χ0v) is 22.7. The fraction of sp³-hybridized carbons (Fsp3) is 0.682. The predicted molar refractivity (Wildman–Crippen MR) is 140 cm³/mol. The maximum absolute atomic E-state index is 12.3. The number of nitrogens with one attached hydrogen (secondary N) is 3. The highest BCUT2D eigenvalue weighted by Gasteiger charge is 2.15. The van der Waals surface area contributed by atoms with E-state index in [-0.39, 0.29) is 42.4 Å². The number of aliphatic hydroxyl groups excluding tert-OH is 1. The SMILES string of the molecule is CCNC(=NCc1ccccc1CS(=O)(=O)NC(C)C)NCC(CCO)CC(C)C.I. The Kier molecular flexibility index (Phi) is 15.4. The van der Waals surface area contributed by atoms with E-state index in [1.54, 1.807) is 0 Å². The number of aliphatic hydroxyl groups is 1. The molecule has 0 heterocycles. The molecule has 0 spiro atoms. The predicted octanol–water partition coefficient (Wildman–Crippen LogP) is 3.23.